The van der Waals surface area contributed by atoms with Crippen molar-refractivity contribution in [2.75, 3.05) is 0 Å². The van der Waals surface area contributed by atoms with Gasteiger partial charge in [0, 0.05) is 11.1 Å². The van der Waals surface area contributed by atoms with Gasteiger partial charge in [0.05, 0.1) is 12.1 Å². The number of hydrogen-bond donors (Lipinski definition) is 4. The molecule has 4 N–H and O–H groups in total. The van der Waals surface area contributed by atoms with Gasteiger partial charge in [-0.15, -0.1) is 0 Å². The number of nitrogens with zero attached hydrogens (tertiary/aromatic N) is 2. The third-order valence-corrected chi connectivity index (χ3v) is 3.26. The Labute approximate surface area is 169 Å². The minimum absolute atomic E-state index is 0.151. The second kappa shape index (κ2) is 11.1. The highest BCUT2D eigenvalue weighted by Crippen LogP contribution is 2.04. The number of nitriles is 2. The van der Waals surface area contributed by atoms with Crippen molar-refractivity contribution in [1.29, 1.82) is 10.5 Å². The molecule has 1 aromatic carbocycles. The molecule has 0 unspecified atom stereocenters. The molecule has 0 bridgehead atoms. The van der Waals surface area contributed by atoms with Crippen LogP contribution in [0.2, 0.25) is 0 Å². The number of carbonyl (C=O) groups excluding carboxylic acids is 4. The van der Waals surface area contributed by atoms with E-state index >= 15 is 0 Å². The molecule has 10 nitrogen and oxygen atoms in total. The molecule has 0 saturated carbocycles. The first-order valence-electron chi connectivity index (χ1n) is 7.41. The Kier molecular flexibility index (Phi) is 8.82. The zero-order valence-electron chi connectivity index (χ0n) is 14.1. The monoisotopic (exact) mass is 416 g/mol. The van der Waals surface area contributed by atoms with Crippen LogP contribution in [-0.4, -0.2) is 33.9 Å². The van der Waals surface area contributed by atoms with E-state index in [2.05, 4.69) is 21.3 Å². The molecule has 0 fully saturated rings. The molecule has 0 heterocycles. The minimum Gasteiger partial charge on any atom is -0.302 e. The molecular formula is C16H12N6O4S2. The summed E-state index contributed by atoms with van der Waals surface area (Å²) in [5.74, 6) is -2.57. The highest BCUT2D eigenvalue weighted by molar-refractivity contribution is 7.80. The molecule has 0 aliphatic heterocycles. The summed E-state index contributed by atoms with van der Waals surface area (Å²) in [6.07, 6.45) is -0.808. The number of nitrogens with one attached hydrogen (secondary N) is 4. The fourth-order valence-electron chi connectivity index (χ4n) is 1.67. The Morgan fingerprint density at radius 3 is 1.32 bits per heavy atom. The molecule has 1 aromatic rings. The Balaban J connectivity index is 2.62. The first-order chi connectivity index (χ1) is 13.3. The number of hydrogen-bond acceptors (Lipinski definition) is 8. The van der Waals surface area contributed by atoms with Gasteiger partial charge in [-0.2, -0.15) is 10.5 Å². The van der Waals surface area contributed by atoms with E-state index in [0.29, 0.717) is 0 Å². The summed E-state index contributed by atoms with van der Waals surface area (Å²) in [4.78, 5) is 46.5. The summed E-state index contributed by atoms with van der Waals surface area (Å²) in [6, 6.07) is 8.61. The lowest BCUT2D eigenvalue weighted by molar-refractivity contribution is -0.119. The van der Waals surface area contributed by atoms with Crippen LogP contribution in [0.1, 0.15) is 33.6 Å². The van der Waals surface area contributed by atoms with Crippen LogP contribution in [-0.2, 0) is 9.59 Å². The van der Waals surface area contributed by atoms with Gasteiger partial charge in [0.15, 0.2) is 10.2 Å². The fraction of sp³-hybridized carbons (Fsp3) is 0.125. The maximum atomic E-state index is 12.0. The predicted octanol–water partition coefficient (Wildman–Crippen LogP) is -0.224. The van der Waals surface area contributed by atoms with E-state index in [9.17, 15) is 19.2 Å². The van der Waals surface area contributed by atoms with E-state index < -0.39 is 36.5 Å². The summed E-state index contributed by atoms with van der Waals surface area (Å²) in [5.41, 5.74) is 0.302. The number of rotatable bonds is 4. The molecule has 0 radical (unpaired) electrons. The largest absolute Gasteiger partial charge is 0.302 e. The van der Waals surface area contributed by atoms with E-state index in [-0.39, 0.29) is 21.4 Å². The predicted molar refractivity (Wildman–Crippen MR) is 103 cm³/mol. The standard InChI is InChI=1S/C16H12N6O4S2/c17-7-5-11(23)19-15(27)21-13(25)9-1-2-10(4-3-9)14(26)22-16(28)20-12(24)6-8-18/h1-4H,5-6H2,(H2,19,21,23,25,27)(H2,20,22,24,26,28). The van der Waals surface area contributed by atoms with Crippen molar-refractivity contribution in [3.05, 3.63) is 35.4 Å². The lowest BCUT2D eigenvalue weighted by atomic mass is 10.1. The van der Waals surface area contributed by atoms with Gasteiger partial charge in [0.25, 0.3) is 11.8 Å². The molecular weight excluding hydrogens is 404 g/mol. The molecule has 1 rings (SSSR count). The summed E-state index contributed by atoms with van der Waals surface area (Å²) in [6.45, 7) is 0. The van der Waals surface area contributed by atoms with Crippen molar-refractivity contribution >= 4 is 58.3 Å². The number of carbonyl (C=O) groups is 4. The van der Waals surface area contributed by atoms with Crippen molar-refractivity contribution in [3.8, 4) is 12.1 Å². The summed E-state index contributed by atoms with van der Waals surface area (Å²) in [7, 11) is 0. The van der Waals surface area contributed by atoms with Gasteiger partial charge in [0.1, 0.15) is 12.8 Å². The molecule has 28 heavy (non-hydrogen) atoms. The molecule has 0 aliphatic rings. The van der Waals surface area contributed by atoms with Crippen LogP contribution >= 0.6 is 24.4 Å². The summed E-state index contributed by atoms with van der Waals surface area (Å²) in [5, 5.41) is 25.1. The number of thiocarbonyl (C=S) groups is 2. The Morgan fingerprint density at radius 2 is 1.04 bits per heavy atom. The number of benzene rings is 1. The Bertz CT molecular complexity index is 840. The van der Waals surface area contributed by atoms with Gasteiger partial charge in [0.2, 0.25) is 11.8 Å². The third-order valence-electron chi connectivity index (χ3n) is 2.85. The maximum Gasteiger partial charge on any atom is 0.257 e. The van der Waals surface area contributed by atoms with Crippen molar-refractivity contribution in [2.45, 2.75) is 12.8 Å². The molecule has 142 valence electrons. The van der Waals surface area contributed by atoms with Gasteiger partial charge in [-0.25, -0.2) is 0 Å². The number of amides is 4. The third kappa shape index (κ3) is 7.65. The highest BCUT2D eigenvalue weighted by Gasteiger charge is 2.13. The van der Waals surface area contributed by atoms with Crippen LogP contribution in [0.15, 0.2) is 24.3 Å². The van der Waals surface area contributed by atoms with Crippen LogP contribution in [0, 0.1) is 22.7 Å². The molecule has 0 spiro atoms. The van der Waals surface area contributed by atoms with Gasteiger partial charge >= 0.3 is 0 Å². The van der Waals surface area contributed by atoms with Crippen LogP contribution < -0.4 is 21.3 Å². The molecule has 0 saturated heterocycles. The lowest BCUT2D eigenvalue weighted by Gasteiger charge is -2.09. The van der Waals surface area contributed by atoms with E-state index in [0.717, 1.165) is 0 Å². The zero-order chi connectivity index (χ0) is 21.1. The normalized spacial score (nSPS) is 9.07. The van der Waals surface area contributed by atoms with Gasteiger partial charge in [-0.05, 0) is 48.7 Å². The SMILES string of the molecule is N#CCC(=O)NC(=S)NC(=O)c1ccc(C(=O)NC(=S)NC(=O)CC#N)cc1. The van der Waals surface area contributed by atoms with E-state index in [1.807, 2.05) is 0 Å². The summed E-state index contributed by atoms with van der Waals surface area (Å²) < 4.78 is 0. The first kappa shape index (κ1) is 22.3. The summed E-state index contributed by atoms with van der Waals surface area (Å²) >= 11 is 9.56. The van der Waals surface area contributed by atoms with Gasteiger partial charge < -0.3 is 10.6 Å². The van der Waals surface area contributed by atoms with Crippen LogP contribution in [0.4, 0.5) is 0 Å². The second-order valence-electron chi connectivity index (χ2n) is 4.91. The average molecular weight is 416 g/mol. The van der Waals surface area contributed by atoms with Crippen LogP contribution in [0.25, 0.3) is 0 Å². The maximum absolute atomic E-state index is 12.0. The lowest BCUT2D eigenvalue weighted by Crippen LogP contribution is -2.42. The van der Waals surface area contributed by atoms with Crippen molar-refractivity contribution < 1.29 is 19.2 Å². The van der Waals surface area contributed by atoms with Crippen LogP contribution in [0.5, 0.6) is 0 Å². The Hall–Kier alpha value is -3.74. The Morgan fingerprint density at radius 1 is 0.714 bits per heavy atom. The van der Waals surface area contributed by atoms with Gasteiger partial charge in [-0.3, -0.25) is 29.8 Å². The topological polar surface area (TPSA) is 164 Å². The van der Waals surface area contributed by atoms with E-state index in [1.165, 1.54) is 24.3 Å². The van der Waals surface area contributed by atoms with Crippen LogP contribution in [0.3, 0.4) is 0 Å². The second-order valence-corrected chi connectivity index (χ2v) is 5.73. The first-order valence-corrected chi connectivity index (χ1v) is 8.22. The highest BCUT2D eigenvalue weighted by atomic mass is 32.1. The quantitative estimate of drug-likeness (QED) is 0.489. The molecule has 0 atom stereocenters. The minimum atomic E-state index is -0.655. The molecule has 0 aromatic heterocycles. The van der Waals surface area contributed by atoms with Gasteiger partial charge in [-0.1, -0.05) is 0 Å². The fourth-order valence-corrected chi connectivity index (χ4v) is 2.08. The molecule has 4 amide bonds. The average Bonchev–Trinajstić information content (AvgIpc) is 2.61. The molecule has 12 heteroatoms. The van der Waals surface area contributed by atoms with Crippen molar-refractivity contribution in [3.63, 3.8) is 0 Å². The van der Waals surface area contributed by atoms with Crippen molar-refractivity contribution in [2.24, 2.45) is 0 Å². The smallest absolute Gasteiger partial charge is 0.257 e. The van der Waals surface area contributed by atoms with Crippen molar-refractivity contribution in [1.82, 2.24) is 21.3 Å². The molecule has 0 aliphatic carbocycles. The zero-order valence-corrected chi connectivity index (χ0v) is 15.7. The van der Waals surface area contributed by atoms with E-state index in [4.69, 9.17) is 35.0 Å². The van der Waals surface area contributed by atoms with E-state index in [1.54, 1.807) is 12.1 Å².